The third-order valence-electron chi connectivity index (χ3n) is 11.7. The number of ketones is 1. The number of ether oxygens (including phenoxy) is 3. The molecule has 2 saturated carbocycles. The number of hydrogen-bond acceptors (Lipinski definition) is 11. The summed E-state index contributed by atoms with van der Waals surface area (Å²) < 4.78 is 33.4. The Hall–Kier alpha value is 1.37. The number of aliphatic hydroxyl groups excluding tert-OH is 1. The Morgan fingerprint density at radius 1 is 1.19 bits per heavy atom. The molecule has 16 heteroatoms. The molecule has 2 bridgehead atoms. The van der Waals surface area contributed by atoms with Gasteiger partial charge in [0.2, 0.25) is 0 Å². The zero-order valence-electron chi connectivity index (χ0n) is 27.8. The maximum atomic E-state index is 14.6. The zero-order chi connectivity index (χ0) is 33.5. The summed E-state index contributed by atoms with van der Waals surface area (Å²) in [5.74, 6) is -3.66. The quantitative estimate of drug-likeness (QED) is 0.111. The van der Waals surface area contributed by atoms with Crippen molar-refractivity contribution >= 4 is 30.9 Å². The van der Waals surface area contributed by atoms with Gasteiger partial charge >= 0.3 is 13.8 Å². The summed E-state index contributed by atoms with van der Waals surface area (Å²) in [6.45, 7) is 11.2. The number of phosphoric ester groups is 1. The van der Waals surface area contributed by atoms with Crippen LogP contribution in [0.25, 0.3) is 0 Å². The predicted octanol–water partition coefficient (Wildman–Crippen LogP) is 3.06. The SMILES string of the molecule is CC1=C2C(O)C(=O)[C@]3(C)C(OCOP(=O)(O)O)CC4OCC4(O)C3[C@H](C)C(O)(CC1OC(=O)[C@H](C)[C@@H](C)c1cccs1)C2(C)C.[Ac].[Ac]. The maximum absolute atomic E-state index is 14.6. The number of carbonyl (C=O) groups excluding carboxylic acids is 2. The first-order chi connectivity index (χ1) is 20.7. The zero-order valence-corrected chi connectivity index (χ0v) is 39.0. The largest absolute Gasteiger partial charge is 0.471 e. The Morgan fingerprint density at radius 3 is 2.36 bits per heavy atom. The summed E-state index contributed by atoms with van der Waals surface area (Å²) in [7, 11) is -4.90. The second kappa shape index (κ2) is 15.0. The van der Waals surface area contributed by atoms with Gasteiger partial charge in [0.25, 0.3) is 0 Å². The molecule has 1 aliphatic heterocycles. The van der Waals surface area contributed by atoms with Crippen molar-refractivity contribution in [3.8, 4) is 0 Å². The van der Waals surface area contributed by atoms with E-state index in [0.29, 0.717) is 5.57 Å². The van der Waals surface area contributed by atoms with Gasteiger partial charge in [-0.05, 0) is 42.4 Å². The van der Waals surface area contributed by atoms with E-state index in [2.05, 4.69) is 4.52 Å². The number of fused-ring (bicyclic) bond motifs is 5. The van der Waals surface area contributed by atoms with Gasteiger partial charge in [-0.1, -0.05) is 40.7 Å². The third-order valence-corrected chi connectivity index (χ3v) is 13.2. The number of aliphatic hydroxyl groups is 3. The van der Waals surface area contributed by atoms with Gasteiger partial charge in [0.05, 0.1) is 35.7 Å². The van der Waals surface area contributed by atoms with E-state index in [0.717, 1.165) is 4.88 Å². The monoisotopic (exact) mass is 1130 g/mol. The van der Waals surface area contributed by atoms with Crippen molar-refractivity contribution in [3.63, 3.8) is 0 Å². The van der Waals surface area contributed by atoms with Crippen LogP contribution in [0.3, 0.4) is 0 Å². The molecule has 1 saturated heterocycles. The van der Waals surface area contributed by atoms with E-state index in [-0.39, 0.29) is 119 Å². The van der Waals surface area contributed by atoms with Crippen LogP contribution in [0.1, 0.15) is 72.1 Å². The first kappa shape index (κ1) is 42.8. The summed E-state index contributed by atoms with van der Waals surface area (Å²) in [4.78, 5) is 47.5. The van der Waals surface area contributed by atoms with Gasteiger partial charge in [-0.3, -0.25) is 14.1 Å². The van der Waals surface area contributed by atoms with Crippen LogP contribution in [0.4, 0.5) is 0 Å². The Labute approximate surface area is 351 Å². The number of phosphoric acid groups is 1. The normalized spacial score (nSPS) is 39.0. The maximum Gasteiger partial charge on any atom is 0.471 e. The van der Waals surface area contributed by atoms with Crippen molar-refractivity contribution in [2.75, 3.05) is 13.4 Å². The van der Waals surface area contributed by atoms with Gasteiger partial charge in [0.15, 0.2) is 12.6 Å². The summed E-state index contributed by atoms with van der Waals surface area (Å²) in [6, 6.07) is 3.87. The molecule has 5 rings (SSSR count). The summed E-state index contributed by atoms with van der Waals surface area (Å²) >= 11 is 1.55. The first-order valence-electron chi connectivity index (χ1n) is 15.3. The van der Waals surface area contributed by atoms with Crippen LogP contribution >= 0.6 is 19.2 Å². The van der Waals surface area contributed by atoms with Crippen molar-refractivity contribution < 1.29 is 146 Å². The number of Topliss-reactive ketones (excluding diaryl/α,β-unsaturated/α-hetero) is 1. The fourth-order valence-electron chi connectivity index (χ4n) is 8.76. The topological polar surface area (TPSA) is 189 Å². The van der Waals surface area contributed by atoms with Crippen LogP contribution in [0, 0.1) is 117 Å². The molecule has 3 fully saturated rings. The van der Waals surface area contributed by atoms with Crippen LogP contribution in [-0.4, -0.2) is 85.9 Å². The van der Waals surface area contributed by atoms with Crippen LogP contribution in [0.15, 0.2) is 28.7 Å². The number of hydrogen-bond donors (Lipinski definition) is 5. The van der Waals surface area contributed by atoms with E-state index < -0.39 is 90.6 Å². The average molecular weight is 1130 g/mol. The van der Waals surface area contributed by atoms with E-state index >= 15 is 0 Å². The summed E-state index contributed by atoms with van der Waals surface area (Å²) in [6.07, 6.45) is -4.69. The Kier molecular flexibility index (Phi) is 13.7. The molecule has 1 aromatic rings. The number of thiophene rings is 1. The number of rotatable bonds is 8. The molecular weight excluding hydrogens is 1080 g/mol. The van der Waals surface area contributed by atoms with E-state index in [1.807, 2.05) is 24.4 Å². The number of esters is 1. The van der Waals surface area contributed by atoms with Crippen LogP contribution in [-0.2, 0) is 32.9 Å². The molecule has 2 heterocycles. The second-order valence-electron chi connectivity index (χ2n) is 14.1. The molecule has 1 aromatic heterocycles. The standard InChI is InChI=1S/C31H45O12PS.2Ac/c1-15(20-9-8-10-45-20)16(2)27(34)43-19-12-31(36)18(4)25-29(7,26(33)24(32)23(17(19)3)28(31,5)6)21(41-14-42-44(37,38)39)11-22-30(25,35)13-40-22;;/h8-10,15-16,18-19,21-22,24-25,32,35-36H,11-14H2,1-7H3,(H2,37,38,39);;/t15-,16-,18+,19?,21?,22?,24?,25?,29-,30?,31?;;/m1../s1. The van der Waals surface area contributed by atoms with Gasteiger partial charge in [-0.2, -0.15) is 0 Å². The molecule has 12 nitrogen and oxygen atoms in total. The molecule has 0 aromatic carbocycles. The molecular formula is C31H45Ac2O12PS. The Morgan fingerprint density at radius 2 is 1.83 bits per heavy atom. The van der Waals surface area contributed by atoms with E-state index in [9.17, 15) is 39.3 Å². The van der Waals surface area contributed by atoms with E-state index in [1.165, 1.54) is 0 Å². The van der Waals surface area contributed by atoms with E-state index in [1.54, 1.807) is 52.9 Å². The molecule has 258 valence electrons. The molecule has 47 heavy (non-hydrogen) atoms. The average Bonchev–Trinajstić information content (AvgIpc) is 3.49. The van der Waals surface area contributed by atoms with Gasteiger partial charge in [-0.25, -0.2) is 4.57 Å². The molecule has 0 spiro atoms. The van der Waals surface area contributed by atoms with Crippen molar-refractivity contribution in [1.82, 2.24) is 0 Å². The Balaban J connectivity index is 0.00000300. The minimum atomic E-state index is -4.90. The van der Waals surface area contributed by atoms with Crippen LogP contribution < -0.4 is 0 Å². The van der Waals surface area contributed by atoms with Crippen molar-refractivity contribution in [2.45, 2.75) is 103 Å². The van der Waals surface area contributed by atoms with Crippen molar-refractivity contribution in [1.29, 1.82) is 0 Å². The smallest absolute Gasteiger partial charge is 0.457 e. The third kappa shape index (κ3) is 7.08. The first-order valence-corrected chi connectivity index (χ1v) is 17.7. The minimum absolute atomic E-state index is 0. The van der Waals surface area contributed by atoms with Crippen molar-refractivity contribution in [3.05, 3.63) is 33.5 Å². The predicted molar refractivity (Wildman–Crippen MR) is 162 cm³/mol. The molecule has 2 radical (unpaired) electrons. The molecule has 11 atom stereocenters. The van der Waals surface area contributed by atoms with Crippen molar-refractivity contribution in [2.24, 2.45) is 28.6 Å². The second-order valence-corrected chi connectivity index (χ2v) is 16.3. The molecule has 3 aliphatic carbocycles. The summed E-state index contributed by atoms with van der Waals surface area (Å²) in [5, 5.41) is 38.7. The molecule has 7 unspecified atom stereocenters. The fourth-order valence-corrected chi connectivity index (χ4v) is 9.85. The molecule has 0 amide bonds. The number of carbonyl (C=O) groups is 2. The summed E-state index contributed by atoms with van der Waals surface area (Å²) in [5.41, 5.74) is -5.43. The van der Waals surface area contributed by atoms with E-state index in [4.69, 9.17) is 14.2 Å². The van der Waals surface area contributed by atoms with Gasteiger partial charge < -0.3 is 39.3 Å². The Bertz CT molecular complexity index is 1420. The van der Waals surface area contributed by atoms with Gasteiger partial charge in [0.1, 0.15) is 17.8 Å². The molecule has 4 aliphatic rings. The van der Waals surface area contributed by atoms with Crippen LogP contribution in [0.2, 0.25) is 0 Å². The van der Waals surface area contributed by atoms with Crippen LogP contribution in [0.5, 0.6) is 0 Å². The fraction of sp³-hybridized carbons (Fsp3) is 0.742. The molecule has 5 N–H and O–H groups in total. The minimum Gasteiger partial charge on any atom is -0.457 e. The van der Waals surface area contributed by atoms with Gasteiger partial charge in [0, 0.05) is 123 Å². The van der Waals surface area contributed by atoms with Gasteiger partial charge in [-0.15, -0.1) is 11.3 Å².